The van der Waals surface area contributed by atoms with Crippen molar-refractivity contribution in [2.24, 2.45) is 0 Å². The Bertz CT molecular complexity index is 362. The van der Waals surface area contributed by atoms with E-state index >= 15 is 0 Å². The third kappa shape index (κ3) is 2.67. The van der Waals surface area contributed by atoms with E-state index < -0.39 is 0 Å². The third-order valence-electron chi connectivity index (χ3n) is 3.19. The van der Waals surface area contributed by atoms with Gasteiger partial charge in [0, 0.05) is 12.6 Å². The Morgan fingerprint density at radius 3 is 2.94 bits per heavy atom. The van der Waals surface area contributed by atoms with Crippen molar-refractivity contribution in [1.82, 2.24) is 4.90 Å². The van der Waals surface area contributed by atoms with Crippen molar-refractivity contribution < 1.29 is 0 Å². The maximum Gasteiger partial charge on any atom is 0.0576 e. The summed E-state index contributed by atoms with van der Waals surface area (Å²) >= 11 is 0. The van der Waals surface area contributed by atoms with Crippen molar-refractivity contribution in [2.45, 2.75) is 25.8 Å². The van der Waals surface area contributed by atoms with Crippen LogP contribution in [0, 0.1) is 6.92 Å². The molecule has 0 radical (unpaired) electrons. The number of nitrogens with two attached hydrogens (primary N) is 1. The van der Waals surface area contributed by atoms with Gasteiger partial charge in [-0.2, -0.15) is 0 Å². The highest BCUT2D eigenvalue weighted by Gasteiger charge is 2.17. The highest BCUT2D eigenvalue weighted by Crippen LogP contribution is 2.22. The molecule has 0 amide bonds. The zero-order chi connectivity index (χ0) is 11.5. The minimum atomic E-state index is 0.531. The van der Waals surface area contributed by atoms with Crippen LogP contribution in [-0.4, -0.2) is 31.1 Å². The summed E-state index contributed by atoms with van der Waals surface area (Å²) in [6.45, 7) is 4.38. The zero-order valence-corrected chi connectivity index (χ0v) is 10.2. The molecule has 1 unspecified atom stereocenters. The summed E-state index contributed by atoms with van der Waals surface area (Å²) in [5.74, 6) is 0. The van der Waals surface area contributed by atoms with Crippen LogP contribution in [0.5, 0.6) is 0 Å². The molecule has 16 heavy (non-hydrogen) atoms. The first-order valence-electron chi connectivity index (χ1n) is 5.96. The smallest absolute Gasteiger partial charge is 0.0576 e. The SMILES string of the molecule is Cc1ccc(NC2CCCN(C)C2)c(N)c1. The molecule has 0 aromatic heterocycles. The molecule has 1 fully saturated rings. The van der Waals surface area contributed by atoms with Crippen LogP contribution in [0.25, 0.3) is 0 Å². The van der Waals surface area contributed by atoms with E-state index in [1.807, 2.05) is 6.07 Å². The van der Waals surface area contributed by atoms with Gasteiger partial charge in [0.1, 0.15) is 0 Å². The Morgan fingerprint density at radius 1 is 1.44 bits per heavy atom. The molecule has 3 nitrogen and oxygen atoms in total. The fraction of sp³-hybridized carbons (Fsp3) is 0.538. The van der Waals surface area contributed by atoms with Crippen molar-refractivity contribution in [3.05, 3.63) is 23.8 Å². The molecule has 0 spiro atoms. The quantitative estimate of drug-likeness (QED) is 0.748. The number of nitrogens with one attached hydrogen (secondary N) is 1. The van der Waals surface area contributed by atoms with Gasteiger partial charge in [0.25, 0.3) is 0 Å². The molecular weight excluding hydrogens is 198 g/mol. The molecule has 3 heteroatoms. The topological polar surface area (TPSA) is 41.3 Å². The maximum absolute atomic E-state index is 6.00. The monoisotopic (exact) mass is 219 g/mol. The molecule has 88 valence electrons. The van der Waals surface area contributed by atoms with Gasteiger partial charge in [-0.3, -0.25) is 0 Å². The number of likely N-dealkylation sites (tertiary alicyclic amines) is 1. The van der Waals surface area contributed by atoms with E-state index in [9.17, 15) is 0 Å². The summed E-state index contributed by atoms with van der Waals surface area (Å²) in [7, 11) is 2.17. The molecule has 1 saturated heterocycles. The van der Waals surface area contributed by atoms with Gasteiger partial charge in [-0.25, -0.2) is 0 Å². The van der Waals surface area contributed by atoms with Crippen molar-refractivity contribution in [2.75, 3.05) is 31.2 Å². The molecule has 3 N–H and O–H groups in total. The number of nitrogens with zero attached hydrogens (tertiary/aromatic N) is 1. The first-order chi connectivity index (χ1) is 7.65. The molecule has 2 rings (SSSR count). The molecule has 0 bridgehead atoms. The van der Waals surface area contributed by atoms with Gasteiger partial charge in [0.15, 0.2) is 0 Å². The van der Waals surface area contributed by atoms with Crippen LogP contribution < -0.4 is 11.1 Å². The Hall–Kier alpha value is -1.22. The second kappa shape index (κ2) is 4.74. The number of rotatable bonds is 2. The average molecular weight is 219 g/mol. The second-order valence-electron chi connectivity index (χ2n) is 4.84. The predicted octanol–water partition coefficient (Wildman–Crippen LogP) is 2.08. The second-order valence-corrected chi connectivity index (χ2v) is 4.84. The maximum atomic E-state index is 6.00. The molecule has 1 atom stereocenters. The molecule has 1 aliphatic heterocycles. The number of nitrogen functional groups attached to an aromatic ring is 1. The van der Waals surface area contributed by atoms with Crippen LogP contribution in [0.3, 0.4) is 0 Å². The first-order valence-corrected chi connectivity index (χ1v) is 5.96. The van der Waals surface area contributed by atoms with Crippen LogP contribution in [-0.2, 0) is 0 Å². The fourth-order valence-electron chi connectivity index (χ4n) is 2.32. The minimum Gasteiger partial charge on any atom is -0.397 e. The molecule has 1 aromatic carbocycles. The van der Waals surface area contributed by atoms with Gasteiger partial charge in [-0.05, 0) is 51.1 Å². The standard InChI is InChI=1S/C13H21N3/c1-10-5-6-13(12(14)8-10)15-11-4-3-7-16(2)9-11/h5-6,8,11,15H,3-4,7,9,14H2,1-2H3. The Balaban J connectivity index is 2.02. The van der Waals surface area contributed by atoms with Crippen molar-refractivity contribution in [3.63, 3.8) is 0 Å². The molecule has 0 aliphatic carbocycles. The van der Waals surface area contributed by atoms with Gasteiger partial charge in [-0.15, -0.1) is 0 Å². The van der Waals surface area contributed by atoms with Crippen LogP contribution in [0.2, 0.25) is 0 Å². The summed E-state index contributed by atoms with van der Waals surface area (Å²) in [5, 5.41) is 3.54. The number of hydrogen-bond acceptors (Lipinski definition) is 3. The Labute approximate surface area is 97.6 Å². The van der Waals surface area contributed by atoms with Gasteiger partial charge < -0.3 is 16.0 Å². The van der Waals surface area contributed by atoms with Crippen molar-refractivity contribution in [1.29, 1.82) is 0 Å². The fourth-order valence-corrected chi connectivity index (χ4v) is 2.32. The van der Waals surface area contributed by atoms with Crippen molar-refractivity contribution >= 4 is 11.4 Å². The lowest BCUT2D eigenvalue weighted by atomic mass is 10.1. The van der Waals surface area contributed by atoms with E-state index in [2.05, 4.69) is 36.3 Å². The number of likely N-dealkylation sites (N-methyl/N-ethyl adjacent to an activating group) is 1. The van der Waals surface area contributed by atoms with Gasteiger partial charge in [0.05, 0.1) is 11.4 Å². The lowest BCUT2D eigenvalue weighted by Gasteiger charge is -2.31. The largest absolute Gasteiger partial charge is 0.397 e. The number of benzene rings is 1. The van der Waals surface area contributed by atoms with Gasteiger partial charge in [-0.1, -0.05) is 6.07 Å². The van der Waals surface area contributed by atoms with Crippen LogP contribution >= 0.6 is 0 Å². The Morgan fingerprint density at radius 2 is 2.25 bits per heavy atom. The van der Waals surface area contributed by atoms with Crippen LogP contribution in [0.4, 0.5) is 11.4 Å². The van der Waals surface area contributed by atoms with E-state index in [1.54, 1.807) is 0 Å². The summed E-state index contributed by atoms with van der Waals surface area (Å²) in [6.07, 6.45) is 2.50. The lowest BCUT2D eigenvalue weighted by Crippen LogP contribution is -2.39. The zero-order valence-electron chi connectivity index (χ0n) is 10.2. The molecule has 1 heterocycles. The number of anilines is 2. The molecule has 1 aliphatic rings. The summed E-state index contributed by atoms with van der Waals surface area (Å²) in [4.78, 5) is 2.37. The molecular formula is C13H21N3. The number of piperidine rings is 1. The average Bonchev–Trinajstić information content (AvgIpc) is 2.22. The Kier molecular flexibility index (Phi) is 3.34. The first kappa shape index (κ1) is 11.3. The van der Waals surface area contributed by atoms with E-state index in [0.717, 1.165) is 17.9 Å². The minimum absolute atomic E-state index is 0.531. The van der Waals surface area contributed by atoms with Gasteiger partial charge in [0.2, 0.25) is 0 Å². The van der Waals surface area contributed by atoms with E-state index in [4.69, 9.17) is 5.73 Å². The highest BCUT2D eigenvalue weighted by atomic mass is 15.1. The molecule has 1 aromatic rings. The van der Waals surface area contributed by atoms with E-state index in [0.29, 0.717) is 6.04 Å². The van der Waals surface area contributed by atoms with Crippen molar-refractivity contribution in [3.8, 4) is 0 Å². The van der Waals surface area contributed by atoms with Crippen LogP contribution in [0.15, 0.2) is 18.2 Å². The van der Waals surface area contributed by atoms with Crippen LogP contribution in [0.1, 0.15) is 18.4 Å². The van der Waals surface area contributed by atoms with E-state index in [-0.39, 0.29) is 0 Å². The number of hydrogen-bond donors (Lipinski definition) is 2. The lowest BCUT2D eigenvalue weighted by molar-refractivity contribution is 0.261. The summed E-state index contributed by atoms with van der Waals surface area (Å²) < 4.78 is 0. The molecule has 0 saturated carbocycles. The summed E-state index contributed by atoms with van der Waals surface area (Å²) in [5.41, 5.74) is 9.14. The third-order valence-corrected chi connectivity index (χ3v) is 3.19. The highest BCUT2D eigenvalue weighted by molar-refractivity contribution is 5.67. The van der Waals surface area contributed by atoms with Gasteiger partial charge >= 0.3 is 0 Å². The van der Waals surface area contributed by atoms with E-state index in [1.165, 1.54) is 24.9 Å². The predicted molar refractivity (Wildman–Crippen MR) is 69.7 cm³/mol. The number of aryl methyl sites for hydroxylation is 1. The summed E-state index contributed by atoms with van der Waals surface area (Å²) in [6, 6.07) is 6.74. The normalized spacial score (nSPS) is 22.0.